The van der Waals surface area contributed by atoms with Gasteiger partial charge in [0.1, 0.15) is 23.2 Å². The van der Waals surface area contributed by atoms with E-state index in [1.165, 1.54) is 0 Å². The summed E-state index contributed by atoms with van der Waals surface area (Å²) in [4.78, 5) is 4.29. The summed E-state index contributed by atoms with van der Waals surface area (Å²) in [5, 5.41) is 19.3. The molecule has 0 aliphatic carbocycles. The molecule has 0 amide bonds. The Morgan fingerprint density at radius 1 is 1.43 bits per heavy atom. The van der Waals surface area contributed by atoms with Gasteiger partial charge < -0.3 is 14.8 Å². The molecule has 1 aliphatic rings. The van der Waals surface area contributed by atoms with Gasteiger partial charge in [-0.15, -0.1) is 0 Å². The average molecular weight is 190 g/mol. The van der Waals surface area contributed by atoms with Gasteiger partial charge in [0.2, 0.25) is 0 Å². The van der Waals surface area contributed by atoms with Crippen molar-refractivity contribution in [2.24, 2.45) is 0 Å². The van der Waals surface area contributed by atoms with Crippen molar-refractivity contribution in [1.29, 1.82) is 0 Å². The van der Waals surface area contributed by atoms with Gasteiger partial charge in [-0.3, -0.25) is 0 Å². The highest BCUT2D eigenvalue weighted by atomic mass is 16.3. The van der Waals surface area contributed by atoms with Crippen molar-refractivity contribution in [3.05, 3.63) is 24.0 Å². The Morgan fingerprint density at radius 3 is 3.14 bits per heavy atom. The average Bonchev–Trinajstić information content (AvgIpc) is 2.68. The van der Waals surface area contributed by atoms with E-state index in [0.29, 0.717) is 12.2 Å². The maximum absolute atomic E-state index is 9.67. The van der Waals surface area contributed by atoms with Crippen molar-refractivity contribution >= 4 is 11.0 Å². The quantitative estimate of drug-likeness (QED) is 0.655. The predicted molar refractivity (Wildman–Crippen MR) is 51.0 cm³/mol. The van der Waals surface area contributed by atoms with Crippen LogP contribution < -0.4 is 0 Å². The molecular formula is C10H10N2O2. The Kier molecular flexibility index (Phi) is 1.39. The minimum absolute atomic E-state index is 0.232. The molecule has 1 aromatic carbocycles. The van der Waals surface area contributed by atoms with E-state index in [-0.39, 0.29) is 5.75 Å². The number of aryl methyl sites for hydroxylation is 1. The largest absolute Gasteiger partial charge is 0.506 e. The number of nitrogens with zero attached hydrogens (tertiary/aromatic N) is 2. The first-order valence-electron chi connectivity index (χ1n) is 4.63. The molecule has 0 saturated heterocycles. The Balaban J connectivity index is 2.41. The molecule has 1 unspecified atom stereocenters. The zero-order chi connectivity index (χ0) is 9.71. The van der Waals surface area contributed by atoms with Gasteiger partial charge in [-0.2, -0.15) is 0 Å². The minimum Gasteiger partial charge on any atom is -0.506 e. The third kappa shape index (κ3) is 0.834. The SMILES string of the molecule is Oc1cccc2nc3n(c12)CCC3O. The molecule has 0 fully saturated rings. The highest BCUT2D eigenvalue weighted by molar-refractivity contribution is 5.82. The monoisotopic (exact) mass is 190 g/mol. The molecule has 2 N–H and O–H groups in total. The van der Waals surface area contributed by atoms with Gasteiger partial charge in [-0.25, -0.2) is 4.98 Å². The van der Waals surface area contributed by atoms with E-state index >= 15 is 0 Å². The van der Waals surface area contributed by atoms with Gasteiger partial charge in [-0.1, -0.05) is 6.07 Å². The summed E-state index contributed by atoms with van der Waals surface area (Å²) in [5.74, 6) is 0.900. The molecule has 14 heavy (non-hydrogen) atoms. The molecule has 0 saturated carbocycles. The van der Waals surface area contributed by atoms with E-state index in [4.69, 9.17) is 0 Å². The molecular weight excluding hydrogens is 180 g/mol. The summed E-state index contributed by atoms with van der Waals surface area (Å²) in [6, 6.07) is 5.24. The number of hydrogen-bond acceptors (Lipinski definition) is 3. The highest BCUT2D eigenvalue weighted by Gasteiger charge is 2.25. The van der Waals surface area contributed by atoms with Gasteiger partial charge in [0.25, 0.3) is 0 Å². The fraction of sp³-hybridized carbons (Fsp3) is 0.300. The Bertz CT molecular complexity index is 504. The first-order valence-corrected chi connectivity index (χ1v) is 4.63. The lowest BCUT2D eigenvalue weighted by atomic mass is 10.3. The molecule has 1 aliphatic heterocycles. The van der Waals surface area contributed by atoms with E-state index in [0.717, 1.165) is 17.6 Å². The number of aliphatic hydroxyl groups is 1. The second-order valence-corrected chi connectivity index (χ2v) is 3.57. The molecule has 2 aromatic rings. The predicted octanol–water partition coefficient (Wildman–Crippen LogP) is 1.18. The lowest BCUT2D eigenvalue weighted by Gasteiger charge is -1.99. The molecule has 0 radical (unpaired) electrons. The second-order valence-electron chi connectivity index (χ2n) is 3.57. The normalized spacial score (nSPS) is 20.2. The Labute approximate surface area is 80.4 Å². The number of imidazole rings is 1. The smallest absolute Gasteiger partial charge is 0.141 e. The van der Waals surface area contributed by atoms with Crippen LogP contribution in [0.25, 0.3) is 11.0 Å². The Hall–Kier alpha value is -1.55. The number of fused-ring (bicyclic) bond motifs is 3. The first kappa shape index (κ1) is 7.82. The topological polar surface area (TPSA) is 58.3 Å². The molecule has 72 valence electrons. The van der Waals surface area contributed by atoms with Crippen molar-refractivity contribution in [1.82, 2.24) is 9.55 Å². The van der Waals surface area contributed by atoms with Crippen molar-refractivity contribution < 1.29 is 10.2 Å². The minimum atomic E-state index is -0.484. The number of phenolic OH excluding ortho intramolecular Hbond substituents is 1. The van der Waals surface area contributed by atoms with Gasteiger partial charge >= 0.3 is 0 Å². The van der Waals surface area contributed by atoms with Crippen LogP contribution in [0.1, 0.15) is 18.3 Å². The third-order valence-electron chi connectivity index (χ3n) is 2.70. The third-order valence-corrected chi connectivity index (χ3v) is 2.70. The van der Waals surface area contributed by atoms with E-state index in [2.05, 4.69) is 4.98 Å². The molecule has 0 bridgehead atoms. The molecule has 4 nitrogen and oxygen atoms in total. The van der Waals surface area contributed by atoms with Crippen LogP contribution in [-0.2, 0) is 6.54 Å². The summed E-state index contributed by atoms with van der Waals surface area (Å²) >= 11 is 0. The van der Waals surface area contributed by atoms with Gasteiger partial charge in [0, 0.05) is 6.54 Å². The van der Waals surface area contributed by atoms with Crippen LogP contribution in [-0.4, -0.2) is 19.8 Å². The van der Waals surface area contributed by atoms with Crippen molar-refractivity contribution in [3.8, 4) is 5.75 Å². The van der Waals surface area contributed by atoms with Crippen molar-refractivity contribution in [2.45, 2.75) is 19.1 Å². The standard InChI is InChI=1S/C10H10N2O2/c13-7-3-1-2-6-9(7)12-5-4-8(14)10(12)11-6/h1-3,8,13-14H,4-5H2. The number of benzene rings is 1. The summed E-state index contributed by atoms with van der Waals surface area (Å²) < 4.78 is 1.88. The highest BCUT2D eigenvalue weighted by Crippen LogP contribution is 2.33. The van der Waals surface area contributed by atoms with Crippen LogP contribution >= 0.6 is 0 Å². The van der Waals surface area contributed by atoms with Crippen LogP contribution in [0.5, 0.6) is 5.75 Å². The number of rotatable bonds is 0. The van der Waals surface area contributed by atoms with Crippen LogP contribution in [0.3, 0.4) is 0 Å². The molecule has 3 rings (SSSR count). The fourth-order valence-electron chi connectivity index (χ4n) is 2.05. The van der Waals surface area contributed by atoms with Gasteiger partial charge in [0.15, 0.2) is 0 Å². The summed E-state index contributed by atoms with van der Waals surface area (Å²) in [6.07, 6.45) is 0.203. The van der Waals surface area contributed by atoms with Gasteiger partial charge in [0.05, 0.1) is 5.52 Å². The number of hydrogen-bond donors (Lipinski definition) is 2. The number of para-hydroxylation sites is 1. The van der Waals surface area contributed by atoms with Crippen molar-refractivity contribution in [3.63, 3.8) is 0 Å². The van der Waals surface area contributed by atoms with Crippen LogP contribution in [0.4, 0.5) is 0 Å². The van der Waals surface area contributed by atoms with E-state index in [1.807, 2.05) is 10.6 Å². The van der Waals surface area contributed by atoms with E-state index in [1.54, 1.807) is 12.1 Å². The first-order chi connectivity index (χ1) is 6.77. The molecule has 1 atom stereocenters. The van der Waals surface area contributed by atoms with Crippen LogP contribution in [0.15, 0.2) is 18.2 Å². The lowest BCUT2D eigenvalue weighted by molar-refractivity contribution is 0.176. The number of phenols is 1. The number of aromatic nitrogens is 2. The van der Waals surface area contributed by atoms with Crippen LogP contribution in [0.2, 0.25) is 0 Å². The van der Waals surface area contributed by atoms with Gasteiger partial charge in [-0.05, 0) is 18.6 Å². The Morgan fingerprint density at radius 2 is 2.29 bits per heavy atom. The molecule has 2 heterocycles. The zero-order valence-corrected chi connectivity index (χ0v) is 7.51. The second kappa shape index (κ2) is 2.48. The number of aliphatic hydroxyl groups excluding tert-OH is 1. The molecule has 4 heteroatoms. The molecule has 1 aromatic heterocycles. The lowest BCUT2D eigenvalue weighted by Crippen LogP contribution is -1.93. The van der Waals surface area contributed by atoms with Crippen molar-refractivity contribution in [2.75, 3.05) is 0 Å². The summed E-state index contributed by atoms with van der Waals surface area (Å²) in [5.41, 5.74) is 1.48. The summed E-state index contributed by atoms with van der Waals surface area (Å²) in [7, 11) is 0. The molecule has 0 spiro atoms. The van der Waals surface area contributed by atoms with Crippen LogP contribution in [0, 0.1) is 0 Å². The zero-order valence-electron chi connectivity index (χ0n) is 7.51. The van der Waals surface area contributed by atoms with E-state index < -0.39 is 6.10 Å². The fourth-order valence-corrected chi connectivity index (χ4v) is 2.05. The summed E-state index contributed by atoms with van der Waals surface area (Å²) in [6.45, 7) is 0.727. The number of aromatic hydroxyl groups is 1. The van der Waals surface area contributed by atoms with E-state index in [9.17, 15) is 10.2 Å². The maximum Gasteiger partial charge on any atom is 0.141 e. The maximum atomic E-state index is 9.67.